The smallest absolute Gasteiger partial charge is 0.166 e. The molecule has 0 spiro atoms. The maximum absolute atomic E-state index is 10.2. The van der Waals surface area contributed by atoms with E-state index in [1.54, 1.807) is 26.2 Å². The van der Waals surface area contributed by atoms with Crippen molar-refractivity contribution in [3.63, 3.8) is 0 Å². The van der Waals surface area contributed by atoms with Crippen LogP contribution in [0.2, 0.25) is 5.02 Å². The number of benzene rings is 1. The summed E-state index contributed by atoms with van der Waals surface area (Å²) in [6.07, 6.45) is 1.58. The van der Waals surface area contributed by atoms with Gasteiger partial charge in [0.2, 0.25) is 0 Å². The van der Waals surface area contributed by atoms with Crippen LogP contribution in [0.1, 0.15) is 5.56 Å². The largest absolute Gasteiger partial charge is 0.504 e. The third-order valence-electron chi connectivity index (χ3n) is 2.92. The molecule has 0 aliphatic carbocycles. The van der Waals surface area contributed by atoms with Crippen LogP contribution in [0.5, 0.6) is 11.5 Å². The third kappa shape index (κ3) is 1.76. The topological polar surface area (TPSA) is 73.3 Å². The number of halogens is 1. The fraction of sp³-hybridized carbons (Fsp3) is 0.250. The monoisotopic (exact) mass is 267 g/mol. The van der Waals surface area contributed by atoms with Crippen LogP contribution in [0.15, 0.2) is 12.3 Å². The van der Waals surface area contributed by atoms with E-state index in [0.717, 1.165) is 0 Å². The molecule has 0 saturated heterocycles. The van der Waals surface area contributed by atoms with E-state index in [-0.39, 0.29) is 5.75 Å². The summed E-state index contributed by atoms with van der Waals surface area (Å²) in [6.45, 7) is 1.78. The minimum absolute atomic E-state index is 0.0131. The van der Waals surface area contributed by atoms with Crippen molar-refractivity contribution in [1.82, 2.24) is 9.78 Å². The summed E-state index contributed by atoms with van der Waals surface area (Å²) in [4.78, 5) is 0. The number of methoxy groups -OCH3 is 1. The van der Waals surface area contributed by atoms with E-state index in [1.165, 1.54) is 11.8 Å². The normalized spacial score (nSPS) is 10.7. The molecule has 1 aromatic carbocycles. The Balaban J connectivity index is 2.73. The summed E-state index contributed by atoms with van der Waals surface area (Å²) in [6, 6.07) is 1.65. The van der Waals surface area contributed by atoms with Crippen molar-refractivity contribution in [3.8, 4) is 22.6 Å². The van der Waals surface area contributed by atoms with Crippen molar-refractivity contribution in [2.45, 2.75) is 6.92 Å². The summed E-state index contributed by atoms with van der Waals surface area (Å²) in [5.41, 5.74) is 7.70. The number of nitrogens with zero attached hydrogens (tertiary/aromatic N) is 2. The highest BCUT2D eigenvalue weighted by Gasteiger charge is 2.19. The molecule has 0 unspecified atom stereocenters. The lowest BCUT2D eigenvalue weighted by atomic mass is 10.0. The Morgan fingerprint density at radius 1 is 1.44 bits per heavy atom. The zero-order valence-corrected chi connectivity index (χ0v) is 11.1. The molecule has 0 saturated carbocycles. The van der Waals surface area contributed by atoms with Gasteiger partial charge in [0.1, 0.15) is 5.82 Å². The zero-order chi connectivity index (χ0) is 13.4. The first kappa shape index (κ1) is 12.6. The summed E-state index contributed by atoms with van der Waals surface area (Å²) in [5, 5.41) is 14.7. The van der Waals surface area contributed by atoms with Gasteiger partial charge in [-0.3, -0.25) is 4.68 Å². The van der Waals surface area contributed by atoms with Gasteiger partial charge in [0.05, 0.1) is 13.3 Å². The van der Waals surface area contributed by atoms with Gasteiger partial charge in [-0.1, -0.05) is 11.6 Å². The zero-order valence-electron chi connectivity index (χ0n) is 10.4. The lowest BCUT2D eigenvalue weighted by Gasteiger charge is -2.13. The van der Waals surface area contributed by atoms with Crippen molar-refractivity contribution in [1.29, 1.82) is 0 Å². The number of aromatic hydroxyl groups is 1. The van der Waals surface area contributed by atoms with Crippen LogP contribution < -0.4 is 10.5 Å². The Morgan fingerprint density at radius 3 is 2.61 bits per heavy atom. The van der Waals surface area contributed by atoms with Gasteiger partial charge < -0.3 is 15.6 Å². The number of anilines is 1. The molecule has 0 fully saturated rings. The number of aromatic nitrogens is 2. The number of hydrogen-bond acceptors (Lipinski definition) is 4. The number of phenolic OH excluding ortho intramolecular Hbond substituents is 1. The molecule has 2 aromatic rings. The number of aryl methyl sites for hydroxylation is 1. The Morgan fingerprint density at radius 2 is 2.11 bits per heavy atom. The fourth-order valence-electron chi connectivity index (χ4n) is 1.82. The van der Waals surface area contributed by atoms with E-state index in [9.17, 15) is 5.11 Å². The molecule has 2 rings (SSSR count). The lowest BCUT2D eigenvalue weighted by molar-refractivity contribution is 0.372. The van der Waals surface area contributed by atoms with Crippen LogP contribution in [0.3, 0.4) is 0 Å². The molecule has 0 aliphatic rings. The van der Waals surface area contributed by atoms with E-state index in [0.29, 0.717) is 33.3 Å². The second-order valence-corrected chi connectivity index (χ2v) is 4.39. The van der Waals surface area contributed by atoms with Crippen molar-refractivity contribution in [2.24, 2.45) is 7.05 Å². The van der Waals surface area contributed by atoms with E-state index in [1.807, 2.05) is 0 Å². The third-order valence-corrected chi connectivity index (χ3v) is 3.31. The van der Waals surface area contributed by atoms with Gasteiger partial charge in [-0.05, 0) is 13.0 Å². The molecular formula is C12H14ClN3O2. The molecule has 96 valence electrons. The van der Waals surface area contributed by atoms with E-state index >= 15 is 0 Å². The van der Waals surface area contributed by atoms with Crippen LogP contribution in [0.4, 0.5) is 5.82 Å². The molecule has 18 heavy (non-hydrogen) atoms. The van der Waals surface area contributed by atoms with Crippen molar-refractivity contribution >= 4 is 17.4 Å². The van der Waals surface area contributed by atoms with Crippen LogP contribution >= 0.6 is 11.6 Å². The molecule has 0 radical (unpaired) electrons. The van der Waals surface area contributed by atoms with Crippen LogP contribution in [0.25, 0.3) is 11.1 Å². The number of nitrogens with two attached hydrogens (primary N) is 1. The Labute approximate surface area is 110 Å². The van der Waals surface area contributed by atoms with E-state index in [2.05, 4.69) is 5.10 Å². The van der Waals surface area contributed by atoms with Gasteiger partial charge in [0, 0.05) is 28.8 Å². The van der Waals surface area contributed by atoms with Gasteiger partial charge >= 0.3 is 0 Å². The molecule has 1 heterocycles. The van der Waals surface area contributed by atoms with Crippen molar-refractivity contribution < 1.29 is 9.84 Å². The maximum atomic E-state index is 10.2. The van der Waals surface area contributed by atoms with Crippen LogP contribution in [0, 0.1) is 6.92 Å². The number of rotatable bonds is 2. The highest BCUT2D eigenvalue weighted by atomic mass is 35.5. The summed E-state index contributed by atoms with van der Waals surface area (Å²) < 4.78 is 6.69. The predicted octanol–water partition coefficient (Wildman–Crippen LogP) is 2.35. The van der Waals surface area contributed by atoms with Crippen LogP contribution in [-0.2, 0) is 7.05 Å². The molecule has 0 amide bonds. The quantitative estimate of drug-likeness (QED) is 0.876. The Hall–Kier alpha value is -1.88. The summed E-state index contributed by atoms with van der Waals surface area (Å²) >= 11 is 6.12. The van der Waals surface area contributed by atoms with Gasteiger partial charge in [0.25, 0.3) is 0 Å². The first-order chi connectivity index (χ1) is 8.47. The molecule has 1 aromatic heterocycles. The predicted molar refractivity (Wildman–Crippen MR) is 71.0 cm³/mol. The molecule has 0 atom stereocenters. The first-order valence-electron chi connectivity index (χ1n) is 5.31. The SMILES string of the molecule is COc1c(C)c(Cl)cc(-c2cnn(C)c2N)c1O. The molecular weight excluding hydrogens is 254 g/mol. The first-order valence-corrected chi connectivity index (χ1v) is 5.69. The van der Waals surface area contributed by atoms with Gasteiger partial charge in [-0.25, -0.2) is 0 Å². The number of nitrogen functional groups attached to an aromatic ring is 1. The number of hydrogen-bond donors (Lipinski definition) is 2. The molecule has 0 bridgehead atoms. The Kier molecular flexibility index (Phi) is 3.09. The second kappa shape index (κ2) is 4.42. The molecule has 6 heteroatoms. The summed E-state index contributed by atoms with van der Waals surface area (Å²) in [5.74, 6) is 0.812. The van der Waals surface area contributed by atoms with Gasteiger partial charge in [-0.15, -0.1) is 0 Å². The average Bonchev–Trinajstić information content (AvgIpc) is 2.66. The summed E-state index contributed by atoms with van der Waals surface area (Å²) in [7, 11) is 3.21. The minimum atomic E-state index is 0.0131. The van der Waals surface area contributed by atoms with Gasteiger partial charge in [-0.2, -0.15) is 5.10 Å². The number of phenols is 1. The van der Waals surface area contributed by atoms with E-state index < -0.39 is 0 Å². The van der Waals surface area contributed by atoms with Crippen molar-refractivity contribution in [3.05, 3.63) is 22.8 Å². The second-order valence-electron chi connectivity index (χ2n) is 3.98. The highest BCUT2D eigenvalue weighted by molar-refractivity contribution is 6.32. The van der Waals surface area contributed by atoms with Crippen LogP contribution in [-0.4, -0.2) is 22.0 Å². The van der Waals surface area contributed by atoms with Crippen molar-refractivity contribution in [2.75, 3.05) is 12.8 Å². The Bertz CT molecular complexity index is 608. The molecule has 5 nitrogen and oxygen atoms in total. The lowest BCUT2D eigenvalue weighted by Crippen LogP contribution is -1.98. The van der Waals surface area contributed by atoms with E-state index in [4.69, 9.17) is 22.1 Å². The average molecular weight is 268 g/mol. The molecule has 3 N–H and O–H groups in total. The standard InChI is InChI=1S/C12H14ClN3O2/c1-6-9(13)4-7(10(17)11(6)18-3)8-5-15-16(2)12(8)14/h4-5,17H,14H2,1-3H3. The molecule has 0 aliphatic heterocycles. The fourth-order valence-corrected chi connectivity index (χ4v) is 2.02. The maximum Gasteiger partial charge on any atom is 0.166 e. The van der Waals surface area contributed by atoms with Gasteiger partial charge in [0.15, 0.2) is 11.5 Å². The minimum Gasteiger partial charge on any atom is -0.504 e. The highest BCUT2D eigenvalue weighted by Crippen LogP contribution is 2.44. The number of ether oxygens (including phenoxy) is 1.